The third-order valence-electron chi connectivity index (χ3n) is 4.89. The Labute approximate surface area is 169 Å². The van der Waals surface area contributed by atoms with Crippen molar-refractivity contribution < 1.29 is 24.1 Å². The number of ether oxygens (including phenoxy) is 1. The number of hydrogen-bond acceptors (Lipinski definition) is 8. The highest BCUT2D eigenvalue weighted by Gasteiger charge is 2.33. The van der Waals surface area contributed by atoms with Crippen LogP contribution in [-0.4, -0.2) is 44.4 Å². The van der Waals surface area contributed by atoms with Gasteiger partial charge in [0.15, 0.2) is 0 Å². The molecular formula is C19H19FN4O4S. The van der Waals surface area contributed by atoms with Crippen LogP contribution in [0.1, 0.15) is 28.1 Å². The molecular weight excluding hydrogens is 399 g/mol. The fraction of sp³-hybridized carbons (Fsp3) is 0.316. The van der Waals surface area contributed by atoms with E-state index in [2.05, 4.69) is 15.3 Å². The smallest absolute Gasteiger partial charge is 0.259 e. The first kappa shape index (κ1) is 19.5. The maximum Gasteiger partial charge on any atom is 0.259 e. The highest BCUT2D eigenvalue weighted by Crippen LogP contribution is 2.37. The van der Waals surface area contributed by atoms with Gasteiger partial charge in [-0.1, -0.05) is 0 Å². The van der Waals surface area contributed by atoms with Crippen molar-refractivity contribution >= 4 is 39.0 Å². The molecule has 5 N–H and O–H groups in total. The molecule has 29 heavy (non-hydrogen) atoms. The van der Waals surface area contributed by atoms with Crippen molar-refractivity contribution in [1.29, 1.82) is 0 Å². The maximum absolute atomic E-state index is 13.8. The molecule has 2 aromatic heterocycles. The standard InChI is InChI=1S/C19H19FN4O4S/c1-8-15-18(22-7-23-19(15)29-16(8)17(21)27)24-11-3-2-9(20)4-14(11)28-10-5-12(25)13(26)6-10/h2-4,7,10,12-13,25-26H,5-6H2,1H3,(H2,21,27)(H,22,23,24)/t10?,12-,13+. The molecule has 4 rings (SSSR count). The van der Waals surface area contributed by atoms with Crippen molar-refractivity contribution in [1.82, 2.24) is 9.97 Å². The molecule has 1 aromatic carbocycles. The van der Waals surface area contributed by atoms with Gasteiger partial charge in [0.2, 0.25) is 0 Å². The minimum atomic E-state index is -0.868. The third kappa shape index (κ3) is 3.74. The summed E-state index contributed by atoms with van der Waals surface area (Å²) in [5.74, 6) is -0.369. The maximum atomic E-state index is 13.8. The molecule has 0 saturated heterocycles. The lowest BCUT2D eigenvalue weighted by Crippen LogP contribution is -2.17. The summed E-state index contributed by atoms with van der Waals surface area (Å²) in [7, 11) is 0. The first-order valence-electron chi connectivity index (χ1n) is 8.96. The van der Waals surface area contributed by atoms with E-state index in [0.717, 1.165) is 0 Å². The number of hydrogen-bond donors (Lipinski definition) is 4. The number of carbonyl (C=O) groups is 1. The highest BCUT2D eigenvalue weighted by atomic mass is 32.1. The summed E-state index contributed by atoms with van der Waals surface area (Å²) in [6.45, 7) is 1.76. The monoisotopic (exact) mass is 418 g/mol. The third-order valence-corrected chi connectivity index (χ3v) is 6.11. The zero-order valence-electron chi connectivity index (χ0n) is 15.4. The molecule has 2 heterocycles. The van der Waals surface area contributed by atoms with E-state index in [9.17, 15) is 19.4 Å². The number of amides is 1. The van der Waals surface area contributed by atoms with Crippen LogP contribution in [-0.2, 0) is 0 Å². The number of benzene rings is 1. The summed E-state index contributed by atoms with van der Waals surface area (Å²) in [4.78, 5) is 21.1. The van der Waals surface area contributed by atoms with Crippen LogP contribution in [0.2, 0.25) is 0 Å². The fourth-order valence-electron chi connectivity index (χ4n) is 3.45. The van der Waals surface area contributed by atoms with Crippen LogP contribution in [0.25, 0.3) is 10.2 Å². The SMILES string of the molecule is Cc1c(C(N)=O)sc2ncnc(Nc3ccc(F)cc3OC3C[C@@H](O)[C@@H](O)C3)c12. The normalized spacial score (nSPS) is 21.4. The lowest BCUT2D eigenvalue weighted by molar-refractivity contribution is 0.0438. The Balaban J connectivity index is 1.69. The molecule has 3 atom stereocenters. The second-order valence-corrected chi connectivity index (χ2v) is 7.93. The number of carbonyl (C=O) groups excluding carboxylic acids is 1. The molecule has 1 aliphatic carbocycles. The van der Waals surface area contributed by atoms with Crippen molar-refractivity contribution in [3.8, 4) is 5.75 Å². The van der Waals surface area contributed by atoms with Crippen LogP contribution in [0.5, 0.6) is 5.75 Å². The van der Waals surface area contributed by atoms with Crippen LogP contribution in [0.4, 0.5) is 15.9 Å². The average molecular weight is 418 g/mol. The number of thiophene rings is 1. The molecule has 1 unspecified atom stereocenters. The topological polar surface area (TPSA) is 131 Å². The molecule has 1 fully saturated rings. The Kier molecular flexibility index (Phi) is 5.07. The number of nitrogens with zero attached hydrogens (tertiary/aromatic N) is 2. The Morgan fingerprint density at radius 3 is 2.72 bits per heavy atom. The van der Waals surface area contributed by atoms with Gasteiger partial charge in [0.1, 0.15) is 34.6 Å². The zero-order chi connectivity index (χ0) is 20.7. The van der Waals surface area contributed by atoms with Gasteiger partial charge in [-0.3, -0.25) is 4.79 Å². The molecule has 3 aromatic rings. The number of primary amides is 1. The van der Waals surface area contributed by atoms with Crippen molar-refractivity contribution in [3.05, 3.63) is 40.8 Å². The zero-order valence-corrected chi connectivity index (χ0v) is 16.2. The molecule has 0 radical (unpaired) electrons. The number of aryl methyl sites for hydroxylation is 1. The fourth-order valence-corrected chi connectivity index (χ4v) is 4.45. The molecule has 8 nitrogen and oxygen atoms in total. The second kappa shape index (κ2) is 7.54. The molecule has 10 heteroatoms. The van der Waals surface area contributed by atoms with Gasteiger partial charge in [-0.15, -0.1) is 11.3 Å². The lowest BCUT2D eigenvalue weighted by Gasteiger charge is -2.17. The number of anilines is 2. The van der Waals surface area contributed by atoms with E-state index in [4.69, 9.17) is 10.5 Å². The minimum absolute atomic E-state index is 0.228. The number of aromatic nitrogens is 2. The predicted octanol–water partition coefficient (Wildman–Crippen LogP) is 2.24. The molecule has 152 valence electrons. The largest absolute Gasteiger partial charge is 0.488 e. The van der Waals surface area contributed by atoms with E-state index >= 15 is 0 Å². The van der Waals surface area contributed by atoms with Crippen molar-refractivity contribution in [3.63, 3.8) is 0 Å². The van der Waals surface area contributed by atoms with E-state index in [1.165, 1.54) is 35.9 Å². The molecule has 1 saturated carbocycles. The first-order chi connectivity index (χ1) is 13.8. The summed E-state index contributed by atoms with van der Waals surface area (Å²) >= 11 is 1.18. The van der Waals surface area contributed by atoms with Gasteiger partial charge >= 0.3 is 0 Å². The van der Waals surface area contributed by atoms with Crippen molar-refractivity contribution in [2.24, 2.45) is 5.73 Å². The number of aliphatic hydroxyl groups is 2. The molecule has 1 amide bonds. The van der Waals surface area contributed by atoms with Gasteiger partial charge in [0, 0.05) is 18.9 Å². The lowest BCUT2D eigenvalue weighted by atomic mass is 10.2. The van der Waals surface area contributed by atoms with Crippen LogP contribution < -0.4 is 15.8 Å². The van der Waals surface area contributed by atoms with Gasteiger partial charge in [-0.05, 0) is 24.6 Å². The molecule has 0 bridgehead atoms. The first-order valence-corrected chi connectivity index (χ1v) is 9.78. The average Bonchev–Trinajstić information content (AvgIpc) is 3.17. The van der Waals surface area contributed by atoms with Crippen LogP contribution in [0, 0.1) is 12.7 Å². The number of nitrogens with two attached hydrogens (primary N) is 1. The van der Waals surface area contributed by atoms with E-state index in [1.54, 1.807) is 6.92 Å². The van der Waals surface area contributed by atoms with E-state index in [0.29, 0.717) is 32.2 Å². The Hall–Kier alpha value is -2.82. The van der Waals surface area contributed by atoms with E-state index in [-0.39, 0.29) is 18.6 Å². The number of aliphatic hydroxyl groups excluding tert-OH is 2. The summed E-state index contributed by atoms with van der Waals surface area (Å²) in [5, 5.41) is 23.2. The van der Waals surface area contributed by atoms with Crippen molar-refractivity contribution in [2.75, 3.05) is 5.32 Å². The van der Waals surface area contributed by atoms with E-state index < -0.39 is 30.0 Å². The summed E-state index contributed by atoms with van der Waals surface area (Å²) in [5.41, 5.74) is 6.55. The molecule has 1 aliphatic rings. The summed E-state index contributed by atoms with van der Waals surface area (Å²) in [6.07, 6.45) is -0.323. The predicted molar refractivity (Wildman–Crippen MR) is 106 cm³/mol. The number of fused-ring (bicyclic) bond motifs is 1. The molecule has 0 aliphatic heterocycles. The van der Waals surface area contributed by atoms with Gasteiger partial charge in [-0.25, -0.2) is 14.4 Å². The van der Waals surface area contributed by atoms with Gasteiger partial charge < -0.3 is 26.0 Å². The number of rotatable bonds is 5. The van der Waals surface area contributed by atoms with Gasteiger partial charge in [0.25, 0.3) is 5.91 Å². The highest BCUT2D eigenvalue weighted by molar-refractivity contribution is 7.20. The molecule has 0 spiro atoms. The van der Waals surface area contributed by atoms with Crippen LogP contribution >= 0.6 is 11.3 Å². The number of halogens is 1. The quantitative estimate of drug-likeness (QED) is 0.500. The van der Waals surface area contributed by atoms with Crippen LogP contribution in [0.15, 0.2) is 24.5 Å². The summed E-state index contributed by atoms with van der Waals surface area (Å²) < 4.78 is 19.7. The Morgan fingerprint density at radius 1 is 1.31 bits per heavy atom. The Morgan fingerprint density at radius 2 is 2.03 bits per heavy atom. The Bertz CT molecular complexity index is 1080. The second-order valence-electron chi connectivity index (χ2n) is 6.93. The number of nitrogens with one attached hydrogen (secondary N) is 1. The van der Waals surface area contributed by atoms with Gasteiger partial charge in [-0.2, -0.15) is 0 Å². The summed E-state index contributed by atoms with van der Waals surface area (Å²) in [6, 6.07) is 4.02. The minimum Gasteiger partial charge on any atom is -0.488 e. The van der Waals surface area contributed by atoms with Crippen LogP contribution in [0.3, 0.4) is 0 Å². The van der Waals surface area contributed by atoms with Crippen molar-refractivity contribution in [2.45, 2.75) is 38.1 Å². The van der Waals surface area contributed by atoms with E-state index in [1.807, 2.05) is 0 Å². The van der Waals surface area contributed by atoms with Gasteiger partial charge in [0.05, 0.1) is 28.2 Å².